The lowest BCUT2D eigenvalue weighted by molar-refractivity contribution is 0.0926. The number of aromatic nitrogens is 2. The van der Waals surface area contributed by atoms with Gasteiger partial charge >= 0.3 is 0 Å². The summed E-state index contributed by atoms with van der Waals surface area (Å²) in [7, 11) is 1.53. The summed E-state index contributed by atoms with van der Waals surface area (Å²) >= 11 is 0. The number of hydrogen-bond acceptors (Lipinski definition) is 4. The molecule has 0 spiro atoms. The average molecular weight is 356 g/mol. The second-order valence-electron chi connectivity index (χ2n) is 5.45. The van der Waals surface area contributed by atoms with Gasteiger partial charge in [-0.1, -0.05) is 12.1 Å². The van der Waals surface area contributed by atoms with Crippen molar-refractivity contribution in [3.8, 4) is 0 Å². The molecule has 2 amide bonds. The molecule has 2 N–H and O–H groups in total. The number of imidazole rings is 1. The third kappa shape index (κ3) is 3.70. The van der Waals surface area contributed by atoms with E-state index in [1.54, 1.807) is 30.5 Å². The molecule has 0 aliphatic carbocycles. The summed E-state index contributed by atoms with van der Waals surface area (Å²) in [5.41, 5.74) is 0.850. The summed E-state index contributed by atoms with van der Waals surface area (Å²) in [6.07, 6.45) is 1.65. The second kappa shape index (κ2) is 7.75. The van der Waals surface area contributed by atoms with Gasteiger partial charge in [-0.2, -0.15) is 0 Å². The highest BCUT2D eigenvalue weighted by molar-refractivity contribution is 6.08. The first kappa shape index (κ1) is 17.6. The lowest BCUT2D eigenvalue weighted by atomic mass is 10.2. The van der Waals surface area contributed by atoms with Crippen LogP contribution in [-0.4, -0.2) is 41.5 Å². The maximum Gasteiger partial charge on any atom is 0.287 e. The van der Waals surface area contributed by atoms with Gasteiger partial charge in [0, 0.05) is 25.5 Å². The first-order chi connectivity index (χ1) is 12.6. The number of nitrogens with zero attached hydrogens (tertiary/aromatic N) is 2. The molecule has 0 aliphatic rings. The summed E-state index contributed by atoms with van der Waals surface area (Å²) in [5, 5.41) is 5.26. The average Bonchev–Trinajstić information content (AvgIpc) is 3.02. The van der Waals surface area contributed by atoms with Crippen LogP contribution in [-0.2, 0) is 4.74 Å². The number of fused-ring (bicyclic) bond motifs is 1. The molecule has 26 heavy (non-hydrogen) atoms. The summed E-state index contributed by atoms with van der Waals surface area (Å²) in [5.74, 6) is -1.33. The van der Waals surface area contributed by atoms with Crippen molar-refractivity contribution in [2.45, 2.75) is 0 Å². The standard InChI is InChI=1S/C18H17FN4O3/c1-26-10-8-20-18(25)16-22-15(14-7-2-3-9-23(14)16)17(24)21-13-6-4-5-12(19)11-13/h2-7,9,11H,8,10H2,1H3,(H,20,25)(H,21,24). The Bertz CT molecular complexity index is 955. The monoisotopic (exact) mass is 356 g/mol. The van der Waals surface area contributed by atoms with Crippen LogP contribution in [0.2, 0.25) is 0 Å². The Kier molecular flexibility index (Phi) is 5.23. The highest BCUT2D eigenvalue weighted by Crippen LogP contribution is 2.16. The van der Waals surface area contributed by atoms with Gasteiger partial charge in [0.1, 0.15) is 5.82 Å². The van der Waals surface area contributed by atoms with Crippen LogP contribution in [0.1, 0.15) is 21.1 Å². The Balaban J connectivity index is 1.91. The molecule has 3 aromatic rings. The number of halogens is 1. The quantitative estimate of drug-likeness (QED) is 0.663. The fraction of sp³-hybridized carbons (Fsp3) is 0.167. The van der Waals surface area contributed by atoms with E-state index in [0.717, 1.165) is 0 Å². The summed E-state index contributed by atoms with van der Waals surface area (Å²) in [4.78, 5) is 29.1. The van der Waals surface area contributed by atoms with Crippen LogP contribution in [0.15, 0.2) is 48.7 Å². The van der Waals surface area contributed by atoms with E-state index >= 15 is 0 Å². The van der Waals surface area contributed by atoms with Crippen LogP contribution in [0.5, 0.6) is 0 Å². The predicted octanol–water partition coefficient (Wildman–Crippen LogP) is 2.10. The normalized spacial score (nSPS) is 10.7. The Hall–Kier alpha value is -3.26. The molecular formula is C18H17FN4O3. The van der Waals surface area contributed by atoms with E-state index in [4.69, 9.17) is 4.74 Å². The van der Waals surface area contributed by atoms with Gasteiger partial charge in [0.15, 0.2) is 5.69 Å². The molecule has 134 valence electrons. The number of anilines is 1. The fourth-order valence-electron chi connectivity index (χ4n) is 2.47. The van der Waals surface area contributed by atoms with Crippen molar-refractivity contribution in [1.82, 2.24) is 14.7 Å². The van der Waals surface area contributed by atoms with Crippen LogP contribution < -0.4 is 10.6 Å². The van der Waals surface area contributed by atoms with E-state index in [1.165, 1.54) is 29.7 Å². The molecular weight excluding hydrogens is 339 g/mol. The molecule has 0 bridgehead atoms. The summed E-state index contributed by atoms with van der Waals surface area (Å²) in [6.45, 7) is 0.684. The topological polar surface area (TPSA) is 84.7 Å². The third-order valence-corrected chi connectivity index (χ3v) is 3.64. The SMILES string of the molecule is COCCNC(=O)c1nc(C(=O)Nc2cccc(F)c2)c2ccccn12. The smallest absolute Gasteiger partial charge is 0.287 e. The molecule has 0 fully saturated rings. The number of rotatable bonds is 6. The number of amides is 2. The Morgan fingerprint density at radius 2 is 2.04 bits per heavy atom. The van der Waals surface area contributed by atoms with E-state index in [2.05, 4.69) is 15.6 Å². The van der Waals surface area contributed by atoms with Crippen LogP contribution in [0.4, 0.5) is 10.1 Å². The van der Waals surface area contributed by atoms with Crippen LogP contribution in [0.3, 0.4) is 0 Å². The van der Waals surface area contributed by atoms with Crippen molar-refractivity contribution in [1.29, 1.82) is 0 Å². The minimum Gasteiger partial charge on any atom is -0.383 e. The first-order valence-corrected chi connectivity index (χ1v) is 7.91. The van der Waals surface area contributed by atoms with Gasteiger partial charge < -0.3 is 15.4 Å². The number of carbonyl (C=O) groups is 2. The minimum atomic E-state index is -0.532. The molecule has 0 aliphatic heterocycles. The number of hydrogen-bond donors (Lipinski definition) is 2. The van der Waals surface area contributed by atoms with Crippen LogP contribution >= 0.6 is 0 Å². The highest BCUT2D eigenvalue weighted by Gasteiger charge is 2.21. The summed E-state index contributed by atoms with van der Waals surface area (Å²) in [6, 6.07) is 10.7. The van der Waals surface area contributed by atoms with Gasteiger partial charge in [-0.3, -0.25) is 14.0 Å². The van der Waals surface area contributed by atoms with Crippen molar-refractivity contribution in [3.63, 3.8) is 0 Å². The lowest BCUT2D eigenvalue weighted by Gasteiger charge is -2.03. The van der Waals surface area contributed by atoms with E-state index in [9.17, 15) is 14.0 Å². The van der Waals surface area contributed by atoms with Gasteiger partial charge in [0.25, 0.3) is 11.8 Å². The van der Waals surface area contributed by atoms with Crippen molar-refractivity contribution < 1.29 is 18.7 Å². The van der Waals surface area contributed by atoms with Gasteiger partial charge in [0.2, 0.25) is 5.82 Å². The largest absolute Gasteiger partial charge is 0.383 e. The molecule has 2 heterocycles. The van der Waals surface area contributed by atoms with Crippen LogP contribution in [0.25, 0.3) is 5.52 Å². The number of methoxy groups -OCH3 is 1. The maximum atomic E-state index is 13.3. The molecule has 0 saturated carbocycles. The Morgan fingerprint density at radius 3 is 2.81 bits per heavy atom. The van der Waals surface area contributed by atoms with E-state index < -0.39 is 17.6 Å². The number of carbonyl (C=O) groups excluding carboxylic acids is 2. The van der Waals surface area contributed by atoms with E-state index in [0.29, 0.717) is 24.4 Å². The van der Waals surface area contributed by atoms with Gasteiger partial charge in [-0.05, 0) is 30.3 Å². The zero-order chi connectivity index (χ0) is 18.5. The third-order valence-electron chi connectivity index (χ3n) is 3.64. The predicted molar refractivity (Wildman–Crippen MR) is 93.8 cm³/mol. The molecule has 0 radical (unpaired) electrons. The Morgan fingerprint density at radius 1 is 1.19 bits per heavy atom. The van der Waals surface area contributed by atoms with E-state index in [-0.39, 0.29) is 11.5 Å². The van der Waals surface area contributed by atoms with Crippen molar-refractivity contribution >= 4 is 23.0 Å². The molecule has 0 saturated heterocycles. The zero-order valence-electron chi connectivity index (χ0n) is 14.0. The highest BCUT2D eigenvalue weighted by atomic mass is 19.1. The molecule has 8 heteroatoms. The molecule has 2 aromatic heterocycles. The second-order valence-corrected chi connectivity index (χ2v) is 5.45. The molecule has 3 rings (SSSR count). The number of pyridine rings is 1. The number of ether oxygens (including phenoxy) is 1. The lowest BCUT2D eigenvalue weighted by Crippen LogP contribution is -2.28. The number of benzene rings is 1. The number of nitrogens with one attached hydrogen (secondary N) is 2. The first-order valence-electron chi connectivity index (χ1n) is 7.91. The van der Waals surface area contributed by atoms with E-state index in [1.807, 2.05) is 0 Å². The Labute approximate surface area is 148 Å². The van der Waals surface area contributed by atoms with Crippen molar-refractivity contribution in [2.75, 3.05) is 25.6 Å². The van der Waals surface area contributed by atoms with Gasteiger partial charge in [-0.25, -0.2) is 9.37 Å². The van der Waals surface area contributed by atoms with Gasteiger partial charge in [0.05, 0.1) is 12.1 Å². The summed E-state index contributed by atoms with van der Waals surface area (Å²) < 4.78 is 19.7. The molecule has 0 atom stereocenters. The van der Waals surface area contributed by atoms with Crippen molar-refractivity contribution in [3.05, 3.63) is 66.0 Å². The molecule has 0 unspecified atom stereocenters. The fourth-order valence-corrected chi connectivity index (χ4v) is 2.47. The maximum absolute atomic E-state index is 13.3. The van der Waals surface area contributed by atoms with Crippen molar-refractivity contribution in [2.24, 2.45) is 0 Å². The van der Waals surface area contributed by atoms with Crippen LogP contribution in [0, 0.1) is 5.82 Å². The molecule has 1 aromatic carbocycles. The molecule has 7 nitrogen and oxygen atoms in total. The zero-order valence-corrected chi connectivity index (χ0v) is 14.0. The van der Waals surface area contributed by atoms with Gasteiger partial charge in [-0.15, -0.1) is 0 Å². The minimum absolute atomic E-state index is 0.0757.